The Morgan fingerprint density at radius 3 is 1.28 bits per heavy atom. The maximum absolute atomic E-state index is 13.2. The highest BCUT2D eigenvalue weighted by Crippen LogP contribution is 2.16. The summed E-state index contributed by atoms with van der Waals surface area (Å²) in [6.45, 7) is 6.32. The van der Waals surface area contributed by atoms with Gasteiger partial charge in [0.1, 0.15) is 6.10 Å². The van der Waals surface area contributed by atoms with Gasteiger partial charge in [0, 0.05) is 6.42 Å². The minimum atomic E-state index is -0.827. The molecule has 0 aliphatic rings. The monoisotopic (exact) mass is 946 g/mol. The Labute approximate surface area is 420 Å². The molecule has 0 aromatic heterocycles. The Kier molecular flexibility index (Phi) is 52.1. The van der Waals surface area contributed by atoms with Crippen molar-refractivity contribution >= 4 is 11.9 Å². The molecule has 390 valence electrons. The van der Waals surface area contributed by atoms with E-state index in [9.17, 15) is 19.8 Å². The van der Waals surface area contributed by atoms with Gasteiger partial charge in [-0.2, -0.15) is 0 Å². The maximum atomic E-state index is 13.2. The van der Waals surface area contributed by atoms with Gasteiger partial charge in [-0.25, -0.2) is 0 Å². The van der Waals surface area contributed by atoms with Crippen molar-refractivity contribution in [2.24, 2.45) is 0 Å². The molecular weight excluding hydrogens is 839 g/mol. The first-order chi connectivity index (χ1) is 33.5. The van der Waals surface area contributed by atoms with Crippen LogP contribution in [0.5, 0.6) is 0 Å². The minimum absolute atomic E-state index is 0.0545. The van der Waals surface area contributed by atoms with Gasteiger partial charge in [-0.05, 0) is 89.5 Å². The summed E-state index contributed by atoms with van der Waals surface area (Å²) in [5.74, 6) is -0.640. The van der Waals surface area contributed by atoms with Gasteiger partial charge in [0.2, 0.25) is 5.91 Å². The average Bonchev–Trinajstić information content (AvgIpc) is 3.33. The van der Waals surface area contributed by atoms with Crippen LogP contribution in [-0.4, -0.2) is 46.9 Å². The van der Waals surface area contributed by atoms with Gasteiger partial charge in [-0.15, -0.1) is 0 Å². The molecule has 0 saturated carbocycles. The van der Waals surface area contributed by atoms with Crippen LogP contribution in [0.15, 0.2) is 97.2 Å². The third kappa shape index (κ3) is 49.2. The van der Waals surface area contributed by atoms with Crippen molar-refractivity contribution in [2.45, 2.75) is 277 Å². The van der Waals surface area contributed by atoms with Crippen LogP contribution in [-0.2, 0) is 14.3 Å². The van der Waals surface area contributed by atoms with Gasteiger partial charge in [0.05, 0.1) is 25.2 Å². The zero-order valence-electron chi connectivity index (χ0n) is 44.5. The van der Waals surface area contributed by atoms with Crippen molar-refractivity contribution < 1.29 is 24.5 Å². The highest BCUT2D eigenvalue weighted by Gasteiger charge is 2.23. The molecule has 3 N–H and O–H groups in total. The van der Waals surface area contributed by atoms with E-state index in [0.29, 0.717) is 19.3 Å². The van der Waals surface area contributed by atoms with Crippen LogP contribution < -0.4 is 5.32 Å². The van der Waals surface area contributed by atoms with E-state index < -0.39 is 18.2 Å². The molecule has 0 bridgehead atoms. The molecule has 0 fully saturated rings. The summed E-state index contributed by atoms with van der Waals surface area (Å²) in [5, 5.41) is 23.8. The smallest absolute Gasteiger partial charge is 0.306 e. The van der Waals surface area contributed by atoms with Gasteiger partial charge in [0.15, 0.2) is 0 Å². The van der Waals surface area contributed by atoms with E-state index in [4.69, 9.17) is 4.74 Å². The van der Waals surface area contributed by atoms with Gasteiger partial charge >= 0.3 is 5.97 Å². The summed E-state index contributed by atoms with van der Waals surface area (Å²) < 4.78 is 5.84. The van der Waals surface area contributed by atoms with Gasteiger partial charge in [-0.3, -0.25) is 9.59 Å². The summed E-state index contributed by atoms with van der Waals surface area (Å²) in [6, 6.07) is -0.750. The predicted molar refractivity (Wildman–Crippen MR) is 296 cm³/mol. The average molecular weight is 947 g/mol. The molecule has 0 radical (unpaired) electrons. The van der Waals surface area contributed by atoms with Gasteiger partial charge < -0.3 is 20.3 Å². The van der Waals surface area contributed by atoms with Crippen molar-refractivity contribution in [2.75, 3.05) is 6.61 Å². The lowest BCUT2D eigenvalue weighted by Gasteiger charge is -2.23. The van der Waals surface area contributed by atoms with E-state index in [1.807, 2.05) is 6.08 Å². The van der Waals surface area contributed by atoms with Crippen molar-refractivity contribution in [3.8, 4) is 0 Å². The highest BCUT2D eigenvalue weighted by molar-refractivity contribution is 5.78. The number of aliphatic hydroxyl groups is 2. The zero-order valence-corrected chi connectivity index (χ0v) is 44.5. The Bertz CT molecular complexity index is 1340. The number of aliphatic hydroxyl groups excluding tert-OH is 2. The number of nitrogens with one attached hydrogen (secondary N) is 1. The van der Waals surface area contributed by atoms with Crippen molar-refractivity contribution in [3.63, 3.8) is 0 Å². The number of esters is 1. The molecule has 1 amide bonds. The third-order valence-corrected chi connectivity index (χ3v) is 12.4. The lowest BCUT2D eigenvalue weighted by Crippen LogP contribution is -2.46. The van der Waals surface area contributed by atoms with Crippen LogP contribution in [0.2, 0.25) is 0 Å². The first-order valence-corrected chi connectivity index (χ1v) is 28.5. The van der Waals surface area contributed by atoms with E-state index in [1.54, 1.807) is 6.08 Å². The standard InChI is InChI=1S/C62H107NO5/c1-4-7-10-13-16-19-22-25-28-30-33-35-38-41-44-47-50-53-58(68-62(67)55-52-49-46-43-40-37-34-31-29-26-23-20-17-14-11-8-5-2)56-61(66)63-59(57-64)60(65)54-51-48-45-42-39-36-32-27-24-21-18-15-12-9-6-3/h7,10,16-17,19-20,25-26,28-29,33,35,41,44,50,53,58-60,64-65H,4-6,8-9,11-15,18,21-24,27,30-32,34,36-40,42-43,45-49,51-52,54-57H2,1-3H3,(H,63,66)/b10-7-,19-16-,20-17-,28-25-,29-26-,35-33-,44-41-,53-50-. The zero-order chi connectivity index (χ0) is 49.5. The summed E-state index contributed by atoms with van der Waals surface area (Å²) in [5.41, 5.74) is 0. The number of ether oxygens (including phenoxy) is 1. The Morgan fingerprint density at radius 1 is 0.456 bits per heavy atom. The molecule has 0 aromatic carbocycles. The van der Waals surface area contributed by atoms with Crippen LogP contribution in [0.1, 0.15) is 258 Å². The number of rotatable bonds is 50. The number of amides is 1. The molecule has 3 unspecified atom stereocenters. The molecule has 0 spiro atoms. The number of carbonyl (C=O) groups is 2. The second-order valence-electron chi connectivity index (χ2n) is 19.0. The first-order valence-electron chi connectivity index (χ1n) is 28.5. The van der Waals surface area contributed by atoms with Crippen LogP contribution in [0.4, 0.5) is 0 Å². The fourth-order valence-electron chi connectivity index (χ4n) is 8.10. The number of hydrogen-bond donors (Lipinski definition) is 3. The molecule has 0 rings (SSSR count). The van der Waals surface area contributed by atoms with E-state index in [-0.39, 0.29) is 24.9 Å². The number of hydrogen-bond acceptors (Lipinski definition) is 5. The summed E-state index contributed by atoms with van der Waals surface area (Å²) in [4.78, 5) is 26.2. The molecule has 3 atom stereocenters. The first kappa shape index (κ1) is 64.8. The molecule has 6 heteroatoms. The fraction of sp³-hybridized carbons (Fsp3) is 0.710. The lowest BCUT2D eigenvalue weighted by atomic mass is 10.0. The summed E-state index contributed by atoms with van der Waals surface area (Å²) in [7, 11) is 0. The minimum Gasteiger partial charge on any atom is -0.458 e. The Morgan fingerprint density at radius 2 is 0.824 bits per heavy atom. The topological polar surface area (TPSA) is 95.9 Å². The number of carbonyl (C=O) groups excluding carboxylic acids is 2. The van der Waals surface area contributed by atoms with Crippen molar-refractivity contribution in [1.82, 2.24) is 5.32 Å². The maximum Gasteiger partial charge on any atom is 0.306 e. The fourth-order valence-corrected chi connectivity index (χ4v) is 8.10. The van der Waals surface area contributed by atoms with E-state index in [0.717, 1.165) is 83.5 Å². The van der Waals surface area contributed by atoms with Crippen LogP contribution in [0.3, 0.4) is 0 Å². The molecule has 68 heavy (non-hydrogen) atoms. The van der Waals surface area contributed by atoms with Crippen LogP contribution in [0.25, 0.3) is 0 Å². The normalized spacial score (nSPS) is 13.9. The van der Waals surface area contributed by atoms with Crippen molar-refractivity contribution in [3.05, 3.63) is 97.2 Å². The third-order valence-electron chi connectivity index (χ3n) is 12.4. The molecular formula is C62H107NO5. The van der Waals surface area contributed by atoms with Gasteiger partial charge in [0.25, 0.3) is 0 Å². The Balaban J connectivity index is 4.75. The lowest BCUT2D eigenvalue weighted by molar-refractivity contribution is -0.148. The van der Waals surface area contributed by atoms with E-state index in [2.05, 4.69) is 111 Å². The SMILES string of the molecule is CC/C=C\C/C=C\C/C=C\C/C=C\C/C=C\C/C=C\C(CC(=O)NC(CO)C(O)CCCCCCCCCCCCCCCCC)OC(=O)CCCCCCCCC/C=C\C/C=C\CCCCC. The quantitative estimate of drug-likeness (QED) is 0.0321. The highest BCUT2D eigenvalue weighted by atomic mass is 16.5. The number of unbranched alkanes of at least 4 members (excludes halogenated alkanes) is 24. The van der Waals surface area contributed by atoms with Crippen LogP contribution in [0, 0.1) is 0 Å². The number of allylic oxidation sites excluding steroid dienone is 15. The molecule has 0 aliphatic carbocycles. The molecule has 6 nitrogen and oxygen atoms in total. The molecule has 0 aliphatic heterocycles. The largest absolute Gasteiger partial charge is 0.458 e. The second kappa shape index (κ2) is 54.7. The summed E-state index contributed by atoms with van der Waals surface area (Å²) in [6.07, 6.45) is 73.5. The molecule has 0 saturated heterocycles. The van der Waals surface area contributed by atoms with E-state index in [1.165, 1.54) is 128 Å². The van der Waals surface area contributed by atoms with Crippen LogP contribution >= 0.6 is 0 Å². The molecule has 0 aromatic rings. The van der Waals surface area contributed by atoms with Crippen molar-refractivity contribution in [1.29, 1.82) is 0 Å². The summed E-state index contributed by atoms with van der Waals surface area (Å²) >= 11 is 0. The molecule has 0 heterocycles. The Hall–Kier alpha value is -3.22. The second-order valence-corrected chi connectivity index (χ2v) is 19.0. The van der Waals surface area contributed by atoms with Gasteiger partial charge in [-0.1, -0.05) is 253 Å². The van der Waals surface area contributed by atoms with E-state index >= 15 is 0 Å². The predicted octanol–water partition coefficient (Wildman–Crippen LogP) is 17.7.